The first-order valence-corrected chi connectivity index (χ1v) is 6.88. The minimum atomic E-state index is -1.17. The highest BCUT2D eigenvalue weighted by Gasteiger charge is 2.39. The number of Topliss-reactive ketones (excluding diaryl/α,β-unsaturated/α-hetero) is 1. The quantitative estimate of drug-likeness (QED) is 0.851. The Kier molecular flexibility index (Phi) is 3.95. The Labute approximate surface area is 114 Å². The lowest BCUT2D eigenvalue weighted by Crippen LogP contribution is -2.42. The van der Waals surface area contributed by atoms with E-state index in [4.69, 9.17) is 4.74 Å². The van der Waals surface area contributed by atoms with E-state index in [1.807, 2.05) is 13.0 Å². The second-order valence-electron chi connectivity index (χ2n) is 5.72. The molecule has 19 heavy (non-hydrogen) atoms. The first-order chi connectivity index (χ1) is 8.96. The summed E-state index contributed by atoms with van der Waals surface area (Å²) in [7, 11) is 1.60. The smallest absolute Gasteiger partial charge is 0.194 e. The molecule has 0 aromatic heterocycles. The summed E-state index contributed by atoms with van der Waals surface area (Å²) in [5.41, 5.74) is 0.292. The van der Waals surface area contributed by atoms with Crippen LogP contribution in [0.1, 0.15) is 48.5 Å². The van der Waals surface area contributed by atoms with Crippen LogP contribution in [0.15, 0.2) is 18.2 Å². The minimum absolute atomic E-state index is 0.139. The molecule has 0 amide bonds. The zero-order valence-electron chi connectivity index (χ0n) is 11.9. The molecule has 1 aromatic carbocycles. The summed E-state index contributed by atoms with van der Waals surface area (Å²) in [6.45, 7) is 4.05. The fourth-order valence-corrected chi connectivity index (χ4v) is 2.74. The van der Waals surface area contributed by atoms with Crippen molar-refractivity contribution in [1.82, 2.24) is 0 Å². The van der Waals surface area contributed by atoms with Crippen LogP contribution in [0.2, 0.25) is 0 Å². The number of benzene rings is 1. The SMILES string of the molecule is COc1ccc(C(=O)C2(O)CCC(C)CC2)c(C)c1. The van der Waals surface area contributed by atoms with Crippen LogP contribution in [-0.4, -0.2) is 23.6 Å². The number of carbonyl (C=O) groups is 1. The number of carbonyl (C=O) groups excluding carboxylic acids is 1. The van der Waals surface area contributed by atoms with Gasteiger partial charge in [-0.1, -0.05) is 6.92 Å². The standard InChI is InChI=1S/C16H22O3/c1-11-6-8-16(18,9-7-11)15(17)14-5-4-13(19-3)10-12(14)2/h4-5,10-11,18H,6-9H2,1-3H3. The van der Waals surface area contributed by atoms with Crippen molar-refractivity contribution in [2.75, 3.05) is 7.11 Å². The summed E-state index contributed by atoms with van der Waals surface area (Å²) < 4.78 is 5.14. The van der Waals surface area contributed by atoms with Crippen molar-refractivity contribution < 1.29 is 14.6 Å². The van der Waals surface area contributed by atoms with Gasteiger partial charge in [0.15, 0.2) is 5.78 Å². The fraction of sp³-hybridized carbons (Fsp3) is 0.562. The first kappa shape index (κ1) is 14.1. The van der Waals surface area contributed by atoms with Crippen LogP contribution < -0.4 is 4.74 Å². The zero-order valence-corrected chi connectivity index (χ0v) is 11.9. The number of methoxy groups -OCH3 is 1. The molecular weight excluding hydrogens is 240 g/mol. The summed E-state index contributed by atoms with van der Waals surface area (Å²) >= 11 is 0. The summed E-state index contributed by atoms with van der Waals surface area (Å²) in [6, 6.07) is 5.36. The molecule has 0 aliphatic heterocycles. The van der Waals surface area contributed by atoms with E-state index in [1.165, 1.54) is 0 Å². The third kappa shape index (κ3) is 2.81. The molecule has 0 saturated heterocycles. The molecule has 1 saturated carbocycles. The van der Waals surface area contributed by atoms with Crippen LogP contribution in [0.25, 0.3) is 0 Å². The molecule has 0 spiro atoms. The number of hydrogen-bond acceptors (Lipinski definition) is 3. The minimum Gasteiger partial charge on any atom is -0.497 e. The van der Waals surface area contributed by atoms with E-state index in [1.54, 1.807) is 19.2 Å². The topological polar surface area (TPSA) is 46.5 Å². The predicted molar refractivity (Wildman–Crippen MR) is 74.6 cm³/mol. The summed E-state index contributed by atoms with van der Waals surface area (Å²) in [6.07, 6.45) is 2.96. The molecule has 1 aliphatic carbocycles. The number of rotatable bonds is 3. The van der Waals surface area contributed by atoms with Crippen molar-refractivity contribution in [3.8, 4) is 5.75 Å². The Morgan fingerprint density at radius 2 is 2.00 bits per heavy atom. The van der Waals surface area contributed by atoms with Crippen LogP contribution in [0, 0.1) is 12.8 Å². The van der Waals surface area contributed by atoms with Crippen molar-refractivity contribution in [3.63, 3.8) is 0 Å². The monoisotopic (exact) mass is 262 g/mol. The van der Waals surface area contributed by atoms with Gasteiger partial charge in [0.2, 0.25) is 0 Å². The Hall–Kier alpha value is -1.35. The summed E-state index contributed by atoms with van der Waals surface area (Å²) in [5.74, 6) is 1.20. The lowest BCUT2D eigenvalue weighted by molar-refractivity contribution is 0.00420. The molecule has 1 aliphatic rings. The molecule has 0 radical (unpaired) electrons. The molecule has 3 heteroatoms. The molecular formula is C16H22O3. The molecule has 1 aromatic rings. The first-order valence-electron chi connectivity index (χ1n) is 6.88. The molecule has 0 atom stereocenters. The van der Waals surface area contributed by atoms with Gasteiger partial charge in [-0.3, -0.25) is 4.79 Å². The van der Waals surface area contributed by atoms with Gasteiger partial charge >= 0.3 is 0 Å². The van der Waals surface area contributed by atoms with Crippen LogP contribution >= 0.6 is 0 Å². The fourth-order valence-electron chi connectivity index (χ4n) is 2.74. The van der Waals surface area contributed by atoms with Gasteiger partial charge < -0.3 is 9.84 Å². The highest BCUT2D eigenvalue weighted by molar-refractivity contribution is 6.03. The van der Waals surface area contributed by atoms with E-state index in [0.29, 0.717) is 24.3 Å². The van der Waals surface area contributed by atoms with Crippen molar-refractivity contribution in [1.29, 1.82) is 0 Å². The van der Waals surface area contributed by atoms with Gasteiger partial charge in [-0.25, -0.2) is 0 Å². The van der Waals surface area contributed by atoms with Gasteiger partial charge in [-0.2, -0.15) is 0 Å². The van der Waals surface area contributed by atoms with E-state index in [2.05, 4.69) is 6.92 Å². The van der Waals surface area contributed by atoms with Gasteiger partial charge in [0.05, 0.1) is 7.11 Å². The molecule has 0 heterocycles. The number of hydrogen-bond donors (Lipinski definition) is 1. The third-order valence-electron chi connectivity index (χ3n) is 4.20. The molecule has 3 nitrogen and oxygen atoms in total. The lowest BCUT2D eigenvalue weighted by Gasteiger charge is -2.33. The van der Waals surface area contributed by atoms with Gasteiger partial charge in [0, 0.05) is 5.56 Å². The number of ketones is 1. The number of aliphatic hydroxyl groups is 1. The maximum atomic E-state index is 12.6. The van der Waals surface area contributed by atoms with Crippen molar-refractivity contribution in [2.24, 2.45) is 5.92 Å². The number of ether oxygens (including phenoxy) is 1. The Morgan fingerprint density at radius 3 is 2.53 bits per heavy atom. The maximum absolute atomic E-state index is 12.6. The van der Waals surface area contributed by atoms with Crippen LogP contribution in [0.5, 0.6) is 5.75 Å². The molecule has 104 valence electrons. The molecule has 0 bridgehead atoms. The van der Waals surface area contributed by atoms with Crippen LogP contribution in [0.4, 0.5) is 0 Å². The second-order valence-corrected chi connectivity index (χ2v) is 5.72. The predicted octanol–water partition coefficient (Wildman–Crippen LogP) is 3.13. The van der Waals surface area contributed by atoms with Crippen molar-refractivity contribution >= 4 is 5.78 Å². The largest absolute Gasteiger partial charge is 0.497 e. The highest BCUT2D eigenvalue weighted by Crippen LogP contribution is 2.35. The van der Waals surface area contributed by atoms with Gasteiger partial charge in [0.1, 0.15) is 11.4 Å². The van der Waals surface area contributed by atoms with Crippen LogP contribution in [0.3, 0.4) is 0 Å². The van der Waals surface area contributed by atoms with Crippen molar-refractivity contribution in [2.45, 2.75) is 45.1 Å². The average Bonchev–Trinajstić information content (AvgIpc) is 2.41. The zero-order chi connectivity index (χ0) is 14.0. The normalized spacial score (nSPS) is 27.1. The Bertz CT molecular complexity index is 471. The van der Waals surface area contributed by atoms with Gasteiger partial charge in [0.25, 0.3) is 0 Å². The summed E-state index contributed by atoms with van der Waals surface area (Å²) in [4.78, 5) is 12.6. The third-order valence-corrected chi connectivity index (χ3v) is 4.20. The highest BCUT2D eigenvalue weighted by atomic mass is 16.5. The number of aryl methyl sites for hydroxylation is 1. The van der Waals surface area contributed by atoms with E-state index in [0.717, 1.165) is 24.2 Å². The Balaban J connectivity index is 2.24. The molecule has 1 fully saturated rings. The average molecular weight is 262 g/mol. The van der Waals surface area contributed by atoms with E-state index in [-0.39, 0.29) is 5.78 Å². The maximum Gasteiger partial charge on any atom is 0.194 e. The lowest BCUT2D eigenvalue weighted by atomic mass is 9.75. The molecule has 1 N–H and O–H groups in total. The second kappa shape index (κ2) is 5.33. The van der Waals surface area contributed by atoms with Crippen LogP contribution in [-0.2, 0) is 0 Å². The molecule has 0 unspecified atom stereocenters. The van der Waals surface area contributed by atoms with Gasteiger partial charge in [-0.05, 0) is 62.3 Å². The summed E-state index contributed by atoms with van der Waals surface area (Å²) in [5, 5.41) is 10.6. The van der Waals surface area contributed by atoms with Crippen molar-refractivity contribution in [3.05, 3.63) is 29.3 Å². The van der Waals surface area contributed by atoms with E-state index >= 15 is 0 Å². The van der Waals surface area contributed by atoms with E-state index in [9.17, 15) is 9.90 Å². The molecule has 2 rings (SSSR count). The van der Waals surface area contributed by atoms with Gasteiger partial charge in [-0.15, -0.1) is 0 Å². The Morgan fingerprint density at radius 1 is 1.37 bits per heavy atom. The van der Waals surface area contributed by atoms with E-state index < -0.39 is 5.60 Å².